The van der Waals surface area contributed by atoms with Crippen molar-refractivity contribution in [3.8, 4) is 11.5 Å². The van der Waals surface area contributed by atoms with Crippen LogP contribution >= 0.6 is 11.6 Å². The lowest BCUT2D eigenvalue weighted by Gasteiger charge is -2.19. The van der Waals surface area contributed by atoms with Gasteiger partial charge >= 0.3 is 0 Å². The van der Waals surface area contributed by atoms with Crippen molar-refractivity contribution in [2.45, 2.75) is 32.8 Å². The highest BCUT2D eigenvalue weighted by molar-refractivity contribution is 6.30. The first-order valence-electron chi connectivity index (χ1n) is 6.96. The van der Waals surface area contributed by atoms with E-state index in [4.69, 9.17) is 21.1 Å². The average Bonchev–Trinajstić information content (AvgIpc) is 2.45. The molecule has 0 radical (unpaired) electrons. The Morgan fingerprint density at radius 1 is 1.00 bits per heavy atom. The van der Waals surface area contributed by atoms with Gasteiger partial charge in [0.25, 0.3) is 0 Å². The normalized spacial score (nSPS) is 11.3. The number of benzene rings is 2. The van der Waals surface area contributed by atoms with Gasteiger partial charge in [-0.05, 0) is 41.3 Å². The van der Waals surface area contributed by atoms with Gasteiger partial charge in [0.15, 0.2) is 0 Å². The van der Waals surface area contributed by atoms with Crippen LogP contribution in [0.5, 0.6) is 11.5 Å². The van der Waals surface area contributed by atoms with Crippen molar-refractivity contribution in [1.82, 2.24) is 0 Å². The van der Waals surface area contributed by atoms with Crippen molar-refractivity contribution in [3.05, 3.63) is 58.6 Å². The van der Waals surface area contributed by atoms with Crippen LogP contribution in [-0.4, -0.2) is 7.11 Å². The summed E-state index contributed by atoms with van der Waals surface area (Å²) in [5.41, 5.74) is 2.37. The van der Waals surface area contributed by atoms with E-state index in [-0.39, 0.29) is 5.41 Å². The Morgan fingerprint density at radius 2 is 1.67 bits per heavy atom. The first kappa shape index (κ1) is 15.7. The van der Waals surface area contributed by atoms with Crippen LogP contribution in [0.2, 0.25) is 5.02 Å². The van der Waals surface area contributed by atoms with Crippen LogP contribution < -0.4 is 9.47 Å². The lowest BCUT2D eigenvalue weighted by Crippen LogP contribution is -2.10. The molecule has 0 saturated heterocycles. The number of rotatable bonds is 4. The molecule has 0 atom stereocenters. The molecule has 2 rings (SSSR count). The van der Waals surface area contributed by atoms with Crippen LogP contribution in [0.25, 0.3) is 0 Å². The number of ether oxygens (including phenoxy) is 2. The Kier molecular flexibility index (Phi) is 4.79. The molecule has 0 heterocycles. The molecule has 0 spiro atoms. The fourth-order valence-corrected chi connectivity index (χ4v) is 2.27. The van der Waals surface area contributed by atoms with Gasteiger partial charge in [-0.3, -0.25) is 0 Å². The summed E-state index contributed by atoms with van der Waals surface area (Å²) >= 11 is 6.02. The lowest BCUT2D eigenvalue weighted by molar-refractivity contribution is 0.296. The van der Waals surface area contributed by atoms with Crippen molar-refractivity contribution in [1.29, 1.82) is 0 Å². The standard InChI is InChI=1S/C18H21ClO2/c1-18(2,3)14-5-8-16(9-6-14)21-12-13-11-15(19)7-10-17(13)20-4/h5-11H,12H2,1-4H3. The molecule has 0 aliphatic carbocycles. The minimum absolute atomic E-state index is 0.148. The predicted molar refractivity (Wildman–Crippen MR) is 87.5 cm³/mol. The first-order valence-corrected chi connectivity index (χ1v) is 7.34. The molecule has 112 valence electrons. The summed E-state index contributed by atoms with van der Waals surface area (Å²) in [4.78, 5) is 0. The quantitative estimate of drug-likeness (QED) is 0.770. The van der Waals surface area contributed by atoms with Gasteiger partial charge in [0, 0.05) is 10.6 Å². The van der Waals surface area contributed by atoms with E-state index in [0.29, 0.717) is 11.6 Å². The summed E-state index contributed by atoms with van der Waals surface area (Å²) in [6.07, 6.45) is 0. The van der Waals surface area contributed by atoms with E-state index in [9.17, 15) is 0 Å². The van der Waals surface area contributed by atoms with E-state index in [1.807, 2.05) is 30.3 Å². The second kappa shape index (κ2) is 6.40. The summed E-state index contributed by atoms with van der Waals surface area (Å²) in [7, 11) is 1.64. The molecule has 2 aromatic rings. The predicted octanol–water partition coefficient (Wildman–Crippen LogP) is 5.23. The van der Waals surface area contributed by atoms with Crippen molar-refractivity contribution >= 4 is 11.6 Å². The average molecular weight is 305 g/mol. The largest absolute Gasteiger partial charge is 0.496 e. The molecule has 3 heteroatoms. The monoisotopic (exact) mass is 304 g/mol. The zero-order chi connectivity index (χ0) is 15.5. The second-order valence-electron chi connectivity index (χ2n) is 6.02. The maximum atomic E-state index is 6.02. The summed E-state index contributed by atoms with van der Waals surface area (Å²) in [6, 6.07) is 13.7. The van der Waals surface area contributed by atoms with Crippen LogP contribution in [0.3, 0.4) is 0 Å². The van der Waals surface area contributed by atoms with Gasteiger partial charge < -0.3 is 9.47 Å². The van der Waals surface area contributed by atoms with Crippen molar-refractivity contribution in [2.24, 2.45) is 0 Å². The summed E-state index contributed by atoms with van der Waals surface area (Å²) in [6.45, 7) is 7.01. The van der Waals surface area contributed by atoms with Gasteiger partial charge in [-0.2, -0.15) is 0 Å². The van der Waals surface area contributed by atoms with Gasteiger partial charge in [0.1, 0.15) is 18.1 Å². The summed E-state index contributed by atoms with van der Waals surface area (Å²) in [5, 5.41) is 0.678. The first-order chi connectivity index (χ1) is 9.90. The molecule has 2 nitrogen and oxygen atoms in total. The molecule has 21 heavy (non-hydrogen) atoms. The third-order valence-corrected chi connectivity index (χ3v) is 3.59. The minimum atomic E-state index is 0.148. The molecule has 0 aromatic heterocycles. The van der Waals surface area contributed by atoms with Crippen LogP contribution in [0.4, 0.5) is 0 Å². The fourth-order valence-electron chi connectivity index (χ4n) is 2.07. The van der Waals surface area contributed by atoms with Crippen LogP contribution in [0.1, 0.15) is 31.9 Å². The van der Waals surface area contributed by atoms with E-state index >= 15 is 0 Å². The van der Waals surface area contributed by atoms with Gasteiger partial charge in [-0.1, -0.05) is 44.5 Å². The Morgan fingerprint density at radius 3 is 2.24 bits per heavy atom. The minimum Gasteiger partial charge on any atom is -0.496 e. The number of methoxy groups -OCH3 is 1. The van der Waals surface area contributed by atoms with Gasteiger partial charge in [0.2, 0.25) is 0 Å². The van der Waals surface area contributed by atoms with Crippen molar-refractivity contribution < 1.29 is 9.47 Å². The number of hydrogen-bond donors (Lipinski definition) is 0. The van der Waals surface area contributed by atoms with Crippen LogP contribution in [0.15, 0.2) is 42.5 Å². The van der Waals surface area contributed by atoms with E-state index in [1.165, 1.54) is 5.56 Å². The molecule has 0 aliphatic heterocycles. The zero-order valence-electron chi connectivity index (χ0n) is 12.9. The third-order valence-electron chi connectivity index (χ3n) is 3.36. The topological polar surface area (TPSA) is 18.5 Å². The Hall–Kier alpha value is -1.67. The summed E-state index contributed by atoms with van der Waals surface area (Å²) < 4.78 is 11.1. The van der Waals surface area contributed by atoms with Gasteiger partial charge in [-0.25, -0.2) is 0 Å². The molecule has 0 amide bonds. The molecule has 0 fully saturated rings. The summed E-state index contributed by atoms with van der Waals surface area (Å²) in [5.74, 6) is 1.62. The Bertz CT molecular complexity index is 598. The van der Waals surface area contributed by atoms with E-state index in [2.05, 4.69) is 32.9 Å². The maximum absolute atomic E-state index is 6.02. The SMILES string of the molecule is COc1ccc(Cl)cc1COc1ccc(C(C)(C)C)cc1. The fraction of sp³-hybridized carbons (Fsp3) is 0.333. The van der Waals surface area contributed by atoms with E-state index in [0.717, 1.165) is 17.1 Å². The maximum Gasteiger partial charge on any atom is 0.125 e. The number of hydrogen-bond acceptors (Lipinski definition) is 2. The van der Waals surface area contributed by atoms with Crippen LogP contribution in [0, 0.1) is 0 Å². The van der Waals surface area contributed by atoms with E-state index < -0.39 is 0 Å². The highest BCUT2D eigenvalue weighted by Gasteiger charge is 2.13. The smallest absolute Gasteiger partial charge is 0.125 e. The molecular formula is C18H21ClO2. The molecule has 0 unspecified atom stereocenters. The zero-order valence-corrected chi connectivity index (χ0v) is 13.7. The lowest BCUT2D eigenvalue weighted by atomic mass is 9.87. The molecule has 0 N–H and O–H groups in total. The second-order valence-corrected chi connectivity index (χ2v) is 6.46. The molecule has 0 saturated carbocycles. The molecular weight excluding hydrogens is 284 g/mol. The molecule has 0 aliphatic rings. The van der Waals surface area contributed by atoms with E-state index in [1.54, 1.807) is 7.11 Å². The van der Waals surface area contributed by atoms with Gasteiger partial charge in [0.05, 0.1) is 7.11 Å². The highest BCUT2D eigenvalue weighted by atomic mass is 35.5. The van der Waals surface area contributed by atoms with Crippen molar-refractivity contribution in [2.75, 3.05) is 7.11 Å². The van der Waals surface area contributed by atoms with Crippen molar-refractivity contribution in [3.63, 3.8) is 0 Å². The molecule has 2 aromatic carbocycles. The van der Waals surface area contributed by atoms with Crippen LogP contribution in [-0.2, 0) is 12.0 Å². The molecule has 0 bridgehead atoms. The Labute approximate surface area is 131 Å². The van der Waals surface area contributed by atoms with Gasteiger partial charge in [-0.15, -0.1) is 0 Å². The number of halogens is 1. The Balaban J connectivity index is 2.08. The third kappa shape index (κ3) is 4.15. The highest BCUT2D eigenvalue weighted by Crippen LogP contribution is 2.26.